The number of aromatic nitrogens is 5. The zero-order valence-corrected chi connectivity index (χ0v) is 23.6. The van der Waals surface area contributed by atoms with Gasteiger partial charge in [-0.05, 0) is 37.6 Å². The maximum absolute atomic E-state index is 14.7. The van der Waals surface area contributed by atoms with Gasteiger partial charge in [0.05, 0.1) is 36.0 Å². The lowest BCUT2D eigenvalue weighted by molar-refractivity contribution is -0.0159. The van der Waals surface area contributed by atoms with E-state index in [-0.39, 0.29) is 24.9 Å². The van der Waals surface area contributed by atoms with Gasteiger partial charge in [0.15, 0.2) is 5.65 Å². The molecule has 1 saturated heterocycles. The Morgan fingerprint density at radius 2 is 1.95 bits per heavy atom. The number of nitrogens with one attached hydrogen (secondary N) is 1. The molecular weight excluding hydrogens is 541 g/mol. The minimum Gasteiger partial charge on any atom is -0.387 e. The predicted octanol–water partition coefficient (Wildman–Crippen LogP) is 2.07. The standard InChI is InChI=1S/C29H34FN9O3/c1-29(2,42)25(30)18-38-17-20-14-23(34-27(40)22-16-33-39-6-3-4-32-26(22)39)24(15-21(20)28(38)41)37-12-10-35(11-13-37)8-9-36-7-5-31-19-36/h3-7,14-16,19,25,42H,8-13,17-18H2,1-2H3,(H,34,40)/t25-/m1/s1. The van der Waals surface area contributed by atoms with Crippen molar-refractivity contribution >= 4 is 28.8 Å². The summed E-state index contributed by atoms with van der Waals surface area (Å²) in [5, 5.41) is 17.4. The molecule has 12 nitrogen and oxygen atoms in total. The van der Waals surface area contributed by atoms with Crippen molar-refractivity contribution in [3.8, 4) is 0 Å². The third-order valence-electron chi connectivity index (χ3n) is 7.97. The first kappa shape index (κ1) is 27.8. The highest BCUT2D eigenvalue weighted by molar-refractivity contribution is 6.10. The fraction of sp³-hybridized carbons (Fsp3) is 0.414. The number of hydrogen-bond acceptors (Lipinski definition) is 8. The van der Waals surface area contributed by atoms with E-state index in [1.165, 1.54) is 29.5 Å². The molecule has 2 amide bonds. The van der Waals surface area contributed by atoms with E-state index in [4.69, 9.17) is 0 Å². The number of fused-ring (bicyclic) bond motifs is 2. The highest BCUT2D eigenvalue weighted by atomic mass is 19.1. The summed E-state index contributed by atoms with van der Waals surface area (Å²) in [4.78, 5) is 41.2. The SMILES string of the molecule is CC(C)(O)[C@H](F)CN1Cc2cc(NC(=O)c3cnn4cccnc34)c(N3CCN(CCn4ccnc4)CC3)cc2C1=O. The van der Waals surface area contributed by atoms with E-state index in [2.05, 4.69) is 30.2 Å². The number of carbonyl (C=O) groups excluding carboxylic acids is 2. The number of piperazine rings is 1. The Kier molecular flexibility index (Phi) is 7.37. The van der Waals surface area contributed by atoms with Gasteiger partial charge in [0, 0.05) is 76.2 Å². The molecule has 0 unspecified atom stereocenters. The smallest absolute Gasteiger partial charge is 0.261 e. The molecule has 3 aromatic heterocycles. The molecule has 1 atom stereocenters. The number of anilines is 2. The predicted molar refractivity (Wildman–Crippen MR) is 154 cm³/mol. The minimum atomic E-state index is -1.60. The van der Waals surface area contributed by atoms with Gasteiger partial charge >= 0.3 is 0 Å². The number of halogens is 1. The van der Waals surface area contributed by atoms with E-state index in [0.29, 0.717) is 41.1 Å². The summed E-state index contributed by atoms with van der Waals surface area (Å²) in [5.41, 5.74) is 1.66. The molecule has 0 bridgehead atoms. The molecule has 2 N–H and O–H groups in total. The van der Waals surface area contributed by atoms with Crippen LogP contribution < -0.4 is 10.2 Å². The number of amides is 2. The van der Waals surface area contributed by atoms with E-state index in [1.807, 2.05) is 23.2 Å². The van der Waals surface area contributed by atoms with Crippen molar-refractivity contribution in [2.45, 2.75) is 38.7 Å². The highest BCUT2D eigenvalue weighted by Gasteiger charge is 2.36. The molecule has 0 spiro atoms. The molecular formula is C29H34FN9O3. The van der Waals surface area contributed by atoms with Gasteiger partial charge in [-0.25, -0.2) is 18.9 Å². The highest BCUT2D eigenvalue weighted by Crippen LogP contribution is 2.36. The second-order valence-electron chi connectivity index (χ2n) is 11.4. The Labute approximate surface area is 242 Å². The normalized spacial score (nSPS) is 16.7. The Morgan fingerprint density at radius 3 is 2.69 bits per heavy atom. The van der Waals surface area contributed by atoms with Crippen molar-refractivity contribution in [1.82, 2.24) is 33.9 Å². The number of carbonyl (C=O) groups is 2. The first-order chi connectivity index (χ1) is 20.2. The fourth-order valence-corrected chi connectivity index (χ4v) is 5.40. The van der Waals surface area contributed by atoms with Crippen LogP contribution >= 0.6 is 0 Å². The topological polar surface area (TPSA) is 124 Å². The molecule has 2 aliphatic rings. The van der Waals surface area contributed by atoms with Crippen LogP contribution in [0.15, 0.2) is 55.5 Å². The summed E-state index contributed by atoms with van der Waals surface area (Å²) in [6, 6.07) is 5.35. The summed E-state index contributed by atoms with van der Waals surface area (Å²) in [5.74, 6) is -0.655. The van der Waals surface area contributed by atoms with Crippen LogP contribution in [0, 0.1) is 0 Å². The van der Waals surface area contributed by atoms with Gasteiger partial charge in [-0.15, -0.1) is 0 Å². The molecule has 6 rings (SSSR count). The van der Waals surface area contributed by atoms with Crippen molar-refractivity contribution in [2.75, 3.05) is 49.5 Å². The van der Waals surface area contributed by atoms with Gasteiger partial charge in [-0.1, -0.05) is 0 Å². The molecule has 2 aliphatic heterocycles. The van der Waals surface area contributed by atoms with Gasteiger partial charge in [0.2, 0.25) is 0 Å². The van der Waals surface area contributed by atoms with E-state index in [0.717, 1.165) is 31.9 Å². The van der Waals surface area contributed by atoms with Crippen LogP contribution in [0.5, 0.6) is 0 Å². The number of hydrogen-bond donors (Lipinski definition) is 2. The summed E-state index contributed by atoms with van der Waals surface area (Å²) in [7, 11) is 0. The maximum atomic E-state index is 14.7. The zero-order chi connectivity index (χ0) is 29.4. The molecule has 5 heterocycles. The van der Waals surface area contributed by atoms with Gasteiger partial charge in [0.25, 0.3) is 11.8 Å². The number of imidazole rings is 1. The van der Waals surface area contributed by atoms with Crippen LogP contribution in [0.25, 0.3) is 5.65 Å². The van der Waals surface area contributed by atoms with E-state index in [9.17, 15) is 19.1 Å². The summed E-state index contributed by atoms with van der Waals surface area (Å²) in [6.07, 6.45) is 8.72. The largest absolute Gasteiger partial charge is 0.387 e. The van der Waals surface area contributed by atoms with Crippen molar-refractivity contribution < 1.29 is 19.1 Å². The Morgan fingerprint density at radius 1 is 1.14 bits per heavy atom. The molecule has 0 saturated carbocycles. The van der Waals surface area contributed by atoms with Crippen LogP contribution in [-0.4, -0.2) is 102 Å². The summed E-state index contributed by atoms with van der Waals surface area (Å²) >= 11 is 0. The van der Waals surface area contributed by atoms with Crippen LogP contribution in [0.2, 0.25) is 0 Å². The lowest BCUT2D eigenvalue weighted by Gasteiger charge is -2.37. The van der Waals surface area contributed by atoms with Crippen LogP contribution in [0.4, 0.5) is 15.8 Å². The molecule has 220 valence electrons. The molecule has 13 heteroatoms. The zero-order valence-electron chi connectivity index (χ0n) is 23.6. The van der Waals surface area contributed by atoms with Gasteiger partial charge < -0.3 is 24.8 Å². The molecule has 1 aromatic carbocycles. The average Bonchev–Trinajstić information content (AvgIpc) is 3.71. The second kappa shape index (κ2) is 11.1. The Balaban J connectivity index is 1.25. The molecule has 1 fully saturated rings. The number of alkyl halides is 1. The van der Waals surface area contributed by atoms with E-state index < -0.39 is 11.8 Å². The van der Waals surface area contributed by atoms with Crippen molar-refractivity contribution in [3.63, 3.8) is 0 Å². The number of nitrogens with zero attached hydrogens (tertiary/aromatic N) is 8. The van der Waals surface area contributed by atoms with Gasteiger partial charge in [-0.3, -0.25) is 14.5 Å². The Hall–Kier alpha value is -4.36. The average molecular weight is 576 g/mol. The third-order valence-corrected chi connectivity index (χ3v) is 7.97. The van der Waals surface area contributed by atoms with Crippen molar-refractivity contribution in [2.24, 2.45) is 0 Å². The fourth-order valence-electron chi connectivity index (χ4n) is 5.40. The van der Waals surface area contributed by atoms with Crippen LogP contribution in [-0.2, 0) is 13.1 Å². The van der Waals surface area contributed by atoms with E-state index >= 15 is 0 Å². The number of rotatable bonds is 9. The van der Waals surface area contributed by atoms with Gasteiger partial charge in [-0.2, -0.15) is 5.10 Å². The van der Waals surface area contributed by atoms with Crippen LogP contribution in [0.1, 0.15) is 40.1 Å². The van der Waals surface area contributed by atoms with Crippen molar-refractivity contribution in [3.05, 3.63) is 72.2 Å². The summed E-state index contributed by atoms with van der Waals surface area (Å²) < 4.78 is 18.3. The molecule has 0 aliphatic carbocycles. The third kappa shape index (κ3) is 5.57. The lowest BCUT2D eigenvalue weighted by atomic mass is 10.0. The number of aliphatic hydroxyl groups is 1. The Bertz CT molecular complexity index is 1590. The van der Waals surface area contributed by atoms with Gasteiger partial charge in [0.1, 0.15) is 11.7 Å². The van der Waals surface area contributed by atoms with Crippen molar-refractivity contribution in [1.29, 1.82) is 0 Å². The second-order valence-corrected chi connectivity index (χ2v) is 11.4. The first-order valence-electron chi connectivity index (χ1n) is 14.0. The monoisotopic (exact) mass is 575 g/mol. The first-order valence-corrected chi connectivity index (χ1v) is 14.0. The molecule has 4 aromatic rings. The minimum absolute atomic E-state index is 0.189. The lowest BCUT2D eigenvalue weighted by Crippen LogP contribution is -2.47. The summed E-state index contributed by atoms with van der Waals surface area (Å²) in [6.45, 7) is 7.50. The maximum Gasteiger partial charge on any atom is 0.261 e. The van der Waals surface area contributed by atoms with E-state index in [1.54, 1.807) is 30.7 Å². The quantitative estimate of drug-likeness (QED) is 0.311. The van der Waals surface area contributed by atoms with Crippen LogP contribution in [0.3, 0.4) is 0 Å². The number of benzene rings is 1. The molecule has 42 heavy (non-hydrogen) atoms. The molecule has 0 radical (unpaired) electrons.